The fourth-order valence-corrected chi connectivity index (χ4v) is 2.27. The molecule has 6 N–H and O–H groups in total. The van der Waals surface area contributed by atoms with E-state index >= 15 is 0 Å². The monoisotopic (exact) mass is 274 g/mol. The summed E-state index contributed by atoms with van der Waals surface area (Å²) >= 11 is 0. The van der Waals surface area contributed by atoms with Crippen molar-refractivity contribution >= 4 is 11.4 Å². The van der Waals surface area contributed by atoms with Crippen molar-refractivity contribution in [2.75, 3.05) is 25.9 Å². The first-order valence-electron chi connectivity index (χ1n) is 6.73. The van der Waals surface area contributed by atoms with Gasteiger partial charge >= 0.3 is 0 Å². The van der Waals surface area contributed by atoms with E-state index in [1.54, 1.807) is 19.2 Å². The summed E-state index contributed by atoms with van der Waals surface area (Å²) < 4.78 is 5.12. The summed E-state index contributed by atoms with van der Waals surface area (Å²) in [5, 5.41) is 0. The van der Waals surface area contributed by atoms with Gasteiger partial charge in [0.2, 0.25) is 0 Å². The van der Waals surface area contributed by atoms with E-state index in [4.69, 9.17) is 21.9 Å². The molecule has 1 fully saturated rings. The van der Waals surface area contributed by atoms with E-state index in [1.807, 2.05) is 18.2 Å². The number of anilines is 1. The SMILES string of the molecule is COc1ccc(/C(N)=C/C=C(\N)N2CCCC2)cc1N. The minimum atomic E-state index is 0.567. The summed E-state index contributed by atoms with van der Waals surface area (Å²) in [5.74, 6) is 1.40. The highest BCUT2D eigenvalue weighted by atomic mass is 16.5. The molecule has 0 atom stereocenters. The molecule has 5 nitrogen and oxygen atoms in total. The summed E-state index contributed by atoms with van der Waals surface area (Å²) in [7, 11) is 1.59. The maximum Gasteiger partial charge on any atom is 0.141 e. The summed E-state index contributed by atoms with van der Waals surface area (Å²) in [6.07, 6.45) is 6.06. The number of likely N-dealkylation sites (tertiary alicyclic amines) is 1. The number of hydrogen-bond donors (Lipinski definition) is 3. The molecule has 0 unspecified atom stereocenters. The van der Waals surface area contributed by atoms with Gasteiger partial charge in [0.05, 0.1) is 18.6 Å². The zero-order valence-corrected chi connectivity index (χ0v) is 11.8. The topological polar surface area (TPSA) is 90.5 Å². The molecule has 0 bridgehead atoms. The first kappa shape index (κ1) is 14.1. The molecule has 0 radical (unpaired) electrons. The summed E-state index contributed by atoms with van der Waals surface area (Å²) in [6.45, 7) is 2.04. The van der Waals surface area contributed by atoms with Crippen molar-refractivity contribution < 1.29 is 4.74 Å². The normalized spacial score (nSPS) is 16.6. The Bertz CT molecular complexity index is 531. The van der Waals surface area contributed by atoms with Crippen LogP contribution in [-0.4, -0.2) is 25.1 Å². The van der Waals surface area contributed by atoms with Crippen molar-refractivity contribution in [1.82, 2.24) is 4.90 Å². The molecular weight excluding hydrogens is 252 g/mol. The van der Waals surface area contributed by atoms with Crippen LogP contribution in [0.15, 0.2) is 36.2 Å². The lowest BCUT2D eigenvalue weighted by Crippen LogP contribution is -2.24. The van der Waals surface area contributed by atoms with Crippen LogP contribution in [-0.2, 0) is 0 Å². The molecule has 1 aromatic carbocycles. The molecule has 1 aromatic rings. The molecule has 1 saturated heterocycles. The number of hydrogen-bond acceptors (Lipinski definition) is 5. The zero-order chi connectivity index (χ0) is 14.5. The number of nitrogen functional groups attached to an aromatic ring is 1. The van der Waals surface area contributed by atoms with Gasteiger partial charge in [-0.05, 0) is 48.8 Å². The highest BCUT2D eigenvalue weighted by Crippen LogP contribution is 2.24. The minimum absolute atomic E-state index is 0.567. The van der Waals surface area contributed by atoms with Gasteiger partial charge in [0.15, 0.2) is 0 Å². The largest absolute Gasteiger partial charge is 0.495 e. The molecule has 0 spiro atoms. The van der Waals surface area contributed by atoms with Crippen molar-refractivity contribution in [1.29, 1.82) is 0 Å². The van der Waals surface area contributed by atoms with Crippen LogP contribution in [0.4, 0.5) is 5.69 Å². The van der Waals surface area contributed by atoms with Crippen LogP contribution >= 0.6 is 0 Å². The fraction of sp³-hybridized carbons (Fsp3) is 0.333. The Morgan fingerprint density at radius 3 is 2.50 bits per heavy atom. The van der Waals surface area contributed by atoms with Gasteiger partial charge in [-0.2, -0.15) is 0 Å². The Labute approximate surface area is 119 Å². The van der Waals surface area contributed by atoms with E-state index in [0.717, 1.165) is 24.5 Å². The first-order valence-corrected chi connectivity index (χ1v) is 6.73. The van der Waals surface area contributed by atoms with Gasteiger partial charge in [-0.25, -0.2) is 0 Å². The number of nitrogens with two attached hydrogens (primary N) is 3. The number of rotatable bonds is 4. The van der Waals surface area contributed by atoms with E-state index in [-0.39, 0.29) is 0 Å². The highest BCUT2D eigenvalue weighted by molar-refractivity contribution is 5.69. The van der Waals surface area contributed by atoms with Crippen LogP contribution in [0.25, 0.3) is 5.70 Å². The van der Waals surface area contributed by atoms with Crippen LogP contribution in [0.3, 0.4) is 0 Å². The molecule has 1 aliphatic heterocycles. The average Bonchev–Trinajstić information content (AvgIpc) is 2.98. The molecule has 0 aliphatic carbocycles. The van der Waals surface area contributed by atoms with Gasteiger partial charge in [0.25, 0.3) is 0 Å². The van der Waals surface area contributed by atoms with Gasteiger partial charge in [-0.3, -0.25) is 0 Å². The lowest BCUT2D eigenvalue weighted by molar-refractivity contribution is 0.417. The Kier molecular flexibility index (Phi) is 4.40. The maximum absolute atomic E-state index is 6.05. The Morgan fingerprint density at radius 1 is 1.20 bits per heavy atom. The van der Waals surface area contributed by atoms with Gasteiger partial charge in [-0.1, -0.05) is 0 Å². The Hall–Kier alpha value is -2.30. The third-order valence-electron chi connectivity index (χ3n) is 3.47. The Balaban J connectivity index is 2.13. The molecule has 108 valence electrons. The van der Waals surface area contributed by atoms with Crippen molar-refractivity contribution in [2.45, 2.75) is 12.8 Å². The lowest BCUT2D eigenvalue weighted by atomic mass is 10.1. The third kappa shape index (κ3) is 3.17. The van der Waals surface area contributed by atoms with Crippen LogP contribution in [0.5, 0.6) is 5.75 Å². The van der Waals surface area contributed by atoms with Gasteiger partial charge in [0.1, 0.15) is 5.75 Å². The van der Waals surface area contributed by atoms with E-state index in [2.05, 4.69) is 4.90 Å². The predicted octanol–water partition coefficient (Wildman–Crippen LogP) is 1.47. The summed E-state index contributed by atoms with van der Waals surface area (Å²) in [5.41, 5.74) is 20.0. The average molecular weight is 274 g/mol. The van der Waals surface area contributed by atoms with Gasteiger partial charge in [-0.15, -0.1) is 0 Å². The summed E-state index contributed by atoms with van der Waals surface area (Å²) in [6, 6.07) is 5.48. The van der Waals surface area contributed by atoms with Gasteiger partial charge in [0, 0.05) is 18.8 Å². The smallest absolute Gasteiger partial charge is 0.141 e. The maximum atomic E-state index is 6.05. The number of methoxy groups -OCH3 is 1. The number of allylic oxidation sites excluding steroid dienone is 2. The standard InChI is InChI=1S/C15H22N4O/c1-20-14-6-4-11(10-13(14)17)12(16)5-7-15(18)19-8-2-3-9-19/h4-7,10H,2-3,8-9,16-18H2,1H3/b12-5-,15-7+. The number of benzene rings is 1. The van der Waals surface area contributed by atoms with Crippen molar-refractivity contribution in [3.63, 3.8) is 0 Å². The Morgan fingerprint density at radius 2 is 1.90 bits per heavy atom. The molecule has 20 heavy (non-hydrogen) atoms. The fourth-order valence-electron chi connectivity index (χ4n) is 2.27. The second kappa shape index (κ2) is 6.23. The van der Waals surface area contributed by atoms with E-state index in [9.17, 15) is 0 Å². The molecule has 0 aromatic heterocycles. The quantitative estimate of drug-likeness (QED) is 0.571. The molecule has 2 rings (SSSR count). The highest BCUT2D eigenvalue weighted by Gasteiger charge is 2.11. The second-order valence-electron chi connectivity index (χ2n) is 4.86. The summed E-state index contributed by atoms with van der Waals surface area (Å²) in [4.78, 5) is 2.16. The van der Waals surface area contributed by atoms with Crippen LogP contribution < -0.4 is 21.9 Å². The first-order chi connectivity index (χ1) is 9.61. The van der Waals surface area contributed by atoms with Crippen LogP contribution in [0, 0.1) is 0 Å². The van der Waals surface area contributed by atoms with Crippen molar-refractivity contribution in [3.05, 3.63) is 41.7 Å². The predicted molar refractivity (Wildman–Crippen MR) is 82.6 cm³/mol. The van der Waals surface area contributed by atoms with Crippen molar-refractivity contribution in [3.8, 4) is 5.75 Å². The van der Waals surface area contributed by atoms with Crippen LogP contribution in [0.2, 0.25) is 0 Å². The van der Waals surface area contributed by atoms with E-state index < -0.39 is 0 Å². The van der Waals surface area contributed by atoms with E-state index in [1.165, 1.54) is 12.8 Å². The molecule has 0 saturated carbocycles. The minimum Gasteiger partial charge on any atom is -0.495 e. The third-order valence-corrected chi connectivity index (χ3v) is 3.47. The number of nitrogens with zero attached hydrogens (tertiary/aromatic N) is 1. The lowest BCUT2D eigenvalue weighted by Gasteiger charge is -2.16. The molecule has 5 heteroatoms. The number of ether oxygens (including phenoxy) is 1. The van der Waals surface area contributed by atoms with Crippen molar-refractivity contribution in [2.24, 2.45) is 11.5 Å². The molecule has 1 heterocycles. The van der Waals surface area contributed by atoms with E-state index in [0.29, 0.717) is 17.1 Å². The second-order valence-corrected chi connectivity index (χ2v) is 4.86. The van der Waals surface area contributed by atoms with Crippen LogP contribution in [0.1, 0.15) is 18.4 Å². The molecular formula is C15H22N4O. The zero-order valence-electron chi connectivity index (χ0n) is 11.8. The molecule has 1 aliphatic rings. The van der Waals surface area contributed by atoms with Gasteiger partial charge < -0.3 is 26.8 Å². The molecule has 0 amide bonds.